The molecule has 82 heavy (non-hydrogen) atoms. The quantitative estimate of drug-likeness (QED) is 0.0288. The number of amides is 11. The molecule has 1 aliphatic rings. The molecule has 13 atom stereocenters. The highest BCUT2D eigenvalue weighted by Gasteiger charge is 2.38. The van der Waals surface area contributed by atoms with Crippen LogP contribution in [0.2, 0.25) is 0 Å². The maximum atomic E-state index is 14.4. The fourth-order valence-electron chi connectivity index (χ4n) is 8.77. The Hall–Kier alpha value is -6.11. The zero-order valence-electron chi connectivity index (χ0n) is 49.4. The van der Waals surface area contributed by atoms with Crippen LogP contribution in [-0.2, 0) is 52.7 Å². The molecule has 470 valence electrons. The molecule has 0 aromatic rings. The summed E-state index contributed by atoms with van der Waals surface area (Å²) in [5, 5.41) is 49.6. The molecule has 1 saturated heterocycles. The van der Waals surface area contributed by atoms with Gasteiger partial charge in [-0.1, -0.05) is 60.8 Å². The Kier molecular flexibility index (Phi) is 35.5. The summed E-state index contributed by atoms with van der Waals surface area (Å²) >= 11 is 0. The molecule has 0 aliphatic carbocycles. The summed E-state index contributed by atoms with van der Waals surface area (Å²) in [7, 11) is 0. The molecule has 29 nitrogen and oxygen atoms in total. The van der Waals surface area contributed by atoms with Crippen LogP contribution in [0.15, 0.2) is 0 Å². The molecule has 0 aromatic heterocycles. The molecule has 0 bridgehead atoms. The standard InChI is InChI=1S/C53H100N16O13/c1-9-30(6)12-10-11-13-41(72)60-34(15-21-55)48(77)68-42(31(7)70)52(81)64-33(14-20-54)44(73)59-25-19-38-47(76)67-40(27-29(4)5)51(80)63-36(17-23-57)46(75)66-39(26-28(2)3)50(79)62-35(16-22-56)45(74)61-37(18-24-58)49(78)69-43(32(8)71)53(82)65-38/h28-40,42-43,70-71H,9-27,54-58H2,1-8H3,(H,59,73)(H,60,72)(H,61,74)(H,62,79)(H,63,80)(H,64,81)(H,65,82)(H,66,75)(H,67,76)(H,68,77)(H,69,78)/t30?,31-,32-,33+,34+,35+,36+,37+,38+,39+,40-,42+,43+/m1/s1. The van der Waals surface area contributed by atoms with Gasteiger partial charge in [0.15, 0.2) is 0 Å². The number of carbonyl (C=O) groups excluding carboxylic acids is 11. The third kappa shape index (κ3) is 27.3. The molecule has 23 N–H and O–H groups in total. The first-order chi connectivity index (χ1) is 38.7. The molecule has 0 spiro atoms. The number of nitrogens with one attached hydrogen (secondary N) is 11. The van der Waals surface area contributed by atoms with Gasteiger partial charge in [0, 0.05) is 13.0 Å². The summed E-state index contributed by atoms with van der Waals surface area (Å²) in [5.74, 6) is -9.41. The topological polar surface area (TPSA) is 491 Å². The van der Waals surface area contributed by atoms with E-state index in [-0.39, 0.29) is 95.9 Å². The second-order valence-corrected chi connectivity index (χ2v) is 22.0. The van der Waals surface area contributed by atoms with E-state index < -0.39 is 151 Å². The first-order valence-electron chi connectivity index (χ1n) is 28.8. The van der Waals surface area contributed by atoms with Crippen molar-refractivity contribution in [2.75, 3.05) is 39.3 Å². The fraction of sp³-hybridized carbons (Fsp3) is 0.792. The van der Waals surface area contributed by atoms with Gasteiger partial charge in [-0.3, -0.25) is 52.7 Å². The molecule has 0 aromatic carbocycles. The van der Waals surface area contributed by atoms with Crippen molar-refractivity contribution in [3.63, 3.8) is 0 Å². The molecule has 0 radical (unpaired) electrons. The number of hydrogen-bond acceptors (Lipinski definition) is 18. The summed E-state index contributed by atoms with van der Waals surface area (Å²) in [5.41, 5.74) is 29.1. The van der Waals surface area contributed by atoms with E-state index in [0.717, 1.165) is 19.3 Å². The third-order valence-electron chi connectivity index (χ3n) is 13.7. The Morgan fingerprint density at radius 3 is 1.28 bits per heavy atom. The van der Waals surface area contributed by atoms with Crippen LogP contribution < -0.4 is 87.2 Å². The lowest BCUT2D eigenvalue weighted by Gasteiger charge is -2.29. The van der Waals surface area contributed by atoms with Crippen LogP contribution in [0.1, 0.15) is 139 Å². The van der Waals surface area contributed by atoms with Crippen molar-refractivity contribution in [1.82, 2.24) is 58.5 Å². The number of nitrogens with two attached hydrogens (primary N) is 5. The minimum Gasteiger partial charge on any atom is -0.391 e. The van der Waals surface area contributed by atoms with Gasteiger partial charge >= 0.3 is 0 Å². The van der Waals surface area contributed by atoms with E-state index in [4.69, 9.17) is 28.7 Å². The van der Waals surface area contributed by atoms with E-state index in [1.807, 2.05) is 0 Å². The van der Waals surface area contributed by atoms with E-state index >= 15 is 0 Å². The van der Waals surface area contributed by atoms with Gasteiger partial charge in [0.1, 0.15) is 60.4 Å². The van der Waals surface area contributed by atoms with E-state index in [2.05, 4.69) is 72.3 Å². The van der Waals surface area contributed by atoms with Gasteiger partial charge in [-0.2, -0.15) is 0 Å². The smallest absolute Gasteiger partial charge is 0.245 e. The predicted octanol–water partition coefficient (Wildman–Crippen LogP) is -5.44. The summed E-state index contributed by atoms with van der Waals surface area (Å²) in [6.07, 6.45) is -0.605. The van der Waals surface area contributed by atoms with Crippen molar-refractivity contribution in [1.29, 1.82) is 0 Å². The Labute approximate surface area is 482 Å². The second-order valence-electron chi connectivity index (χ2n) is 22.0. The molecule has 1 aliphatic heterocycles. The van der Waals surface area contributed by atoms with Gasteiger partial charge in [-0.15, -0.1) is 0 Å². The lowest BCUT2D eigenvalue weighted by molar-refractivity contribution is -0.137. The van der Waals surface area contributed by atoms with Crippen LogP contribution in [-0.4, -0.2) is 187 Å². The number of hydrogen-bond donors (Lipinski definition) is 18. The van der Waals surface area contributed by atoms with Gasteiger partial charge in [-0.05, 0) is 122 Å². The highest BCUT2D eigenvalue weighted by molar-refractivity contribution is 5.99. The van der Waals surface area contributed by atoms with Crippen molar-refractivity contribution >= 4 is 65.0 Å². The van der Waals surface area contributed by atoms with E-state index in [0.29, 0.717) is 12.3 Å². The lowest BCUT2D eigenvalue weighted by Crippen LogP contribution is -2.62. The Balaban J connectivity index is 3.71. The average Bonchev–Trinajstić information content (AvgIpc) is 3.48. The van der Waals surface area contributed by atoms with Crippen LogP contribution in [0.4, 0.5) is 0 Å². The van der Waals surface area contributed by atoms with Crippen molar-refractivity contribution in [3.05, 3.63) is 0 Å². The summed E-state index contributed by atoms with van der Waals surface area (Å²) in [4.78, 5) is 152. The molecular weight excluding hydrogens is 1070 g/mol. The van der Waals surface area contributed by atoms with Crippen LogP contribution in [0, 0.1) is 17.8 Å². The largest absolute Gasteiger partial charge is 0.391 e. The summed E-state index contributed by atoms with van der Waals surface area (Å²) in [6, 6.07) is -14.4. The molecular formula is C53H100N16O13. The van der Waals surface area contributed by atoms with Crippen molar-refractivity contribution in [2.24, 2.45) is 46.4 Å². The minimum atomic E-state index is -1.80. The Morgan fingerprint density at radius 1 is 0.476 bits per heavy atom. The van der Waals surface area contributed by atoms with Crippen LogP contribution >= 0.6 is 0 Å². The van der Waals surface area contributed by atoms with E-state index in [1.54, 1.807) is 27.7 Å². The number of aliphatic hydroxyl groups is 2. The number of rotatable bonds is 31. The third-order valence-corrected chi connectivity index (χ3v) is 13.7. The highest BCUT2D eigenvalue weighted by atomic mass is 16.3. The first kappa shape index (κ1) is 73.9. The SMILES string of the molecule is CCC(C)CCCCC(=O)N[C@@H](CCN)C(=O)N[C@H](C(=O)N[C@@H](CCN)C(=O)NCC[C@@H]1NC(=O)[C@H]([C@@H](C)O)NC(=O)[C@H](CCN)NC(=O)[C@H](CCN)NC(=O)[C@H](CC(C)C)NC(=O)[C@H](CCN)NC(=O)[C@@H](CC(C)C)NC1=O)[C@@H](C)O. The number of carbonyl (C=O) groups is 11. The Morgan fingerprint density at radius 2 is 0.878 bits per heavy atom. The minimum absolute atomic E-state index is 0.000515. The fourth-order valence-corrected chi connectivity index (χ4v) is 8.77. The predicted molar refractivity (Wildman–Crippen MR) is 305 cm³/mol. The molecule has 0 saturated carbocycles. The van der Waals surface area contributed by atoms with Crippen molar-refractivity contribution < 1.29 is 63.0 Å². The van der Waals surface area contributed by atoms with Gasteiger partial charge in [-0.25, -0.2) is 0 Å². The zero-order chi connectivity index (χ0) is 62.2. The second kappa shape index (κ2) is 39.4. The van der Waals surface area contributed by atoms with Crippen molar-refractivity contribution in [3.8, 4) is 0 Å². The molecule has 11 amide bonds. The first-order valence-corrected chi connectivity index (χ1v) is 28.8. The molecule has 1 heterocycles. The highest BCUT2D eigenvalue weighted by Crippen LogP contribution is 2.14. The lowest BCUT2D eigenvalue weighted by atomic mass is 10.0. The van der Waals surface area contributed by atoms with Gasteiger partial charge in [0.2, 0.25) is 65.0 Å². The van der Waals surface area contributed by atoms with Gasteiger partial charge in [0.05, 0.1) is 12.2 Å². The molecule has 1 rings (SSSR count). The molecule has 29 heteroatoms. The van der Waals surface area contributed by atoms with Gasteiger partial charge in [0.25, 0.3) is 0 Å². The maximum Gasteiger partial charge on any atom is 0.245 e. The molecule has 1 unspecified atom stereocenters. The van der Waals surface area contributed by atoms with Gasteiger partial charge < -0.3 is 97.4 Å². The average molecular weight is 1170 g/mol. The Bertz CT molecular complexity index is 2070. The number of unbranched alkanes of at least 4 members (excludes halogenated alkanes) is 1. The van der Waals surface area contributed by atoms with E-state index in [9.17, 15) is 63.0 Å². The monoisotopic (exact) mass is 1170 g/mol. The normalized spacial score (nSPS) is 23.1. The number of aliphatic hydroxyl groups excluding tert-OH is 2. The van der Waals surface area contributed by atoms with Crippen LogP contribution in [0.5, 0.6) is 0 Å². The van der Waals surface area contributed by atoms with Crippen LogP contribution in [0.3, 0.4) is 0 Å². The maximum absolute atomic E-state index is 14.4. The van der Waals surface area contributed by atoms with Crippen LogP contribution in [0.25, 0.3) is 0 Å². The van der Waals surface area contributed by atoms with Crippen molar-refractivity contribution in [2.45, 2.75) is 211 Å². The zero-order valence-corrected chi connectivity index (χ0v) is 49.4. The summed E-state index contributed by atoms with van der Waals surface area (Å²) in [6.45, 7) is 12.7. The molecule has 1 fully saturated rings. The van der Waals surface area contributed by atoms with E-state index in [1.165, 1.54) is 13.8 Å². The summed E-state index contributed by atoms with van der Waals surface area (Å²) < 4.78 is 0.